The van der Waals surface area contributed by atoms with Gasteiger partial charge in [0, 0.05) is 31.1 Å². The molecule has 0 aromatic heterocycles. The van der Waals surface area contributed by atoms with E-state index in [1.165, 1.54) is 5.56 Å². The maximum absolute atomic E-state index is 12.8. The second-order valence-corrected chi connectivity index (χ2v) is 8.96. The van der Waals surface area contributed by atoms with Gasteiger partial charge in [-0.15, -0.1) is 0 Å². The van der Waals surface area contributed by atoms with Crippen LogP contribution in [0.5, 0.6) is 5.75 Å². The molecule has 5 nitrogen and oxygen atoms in total. The average molecular weight is 409 g/mol. The molecular weight excluding hydrogens is 376 g/mol. The summed E-state index contributed by atoms with van der Waals surface area (Å²) in [4.78, 5) is 27.2. The third-order valence-electron chi connectivity index (χ3n) is 5.78. The van der Waals surface area contributed by atoms with Crippen molar-refractivity contribution in [3.8, 4) is 5.75 Å². The third kappa shape index (κ3) is 5.41. The molecule has 1 aliphatic rings. The molecule has 1 N–H and O–H groups in total. The van der Waals surface area contributed by atoms with Gasteiger partial charge in [-0.2, -0.15) is 0 Å². The van der Waals surface area contributed by atoms with Crippen LogP contribution in [-0.4, -0.2) is 36.9 Å². The fourth-order valence-corrected chi connectivity index (χ4v) is 3.72. The van der Waals surface area contributed by atoms with Crippen molar-refractivity contribution in [3.05, 3.63) is 65.2 Å². The first-order valence-corrected chi connectivity index (χ1v) is 10.6. The Kier molecular flexibility index (Phi) is 6.80. The Balaban J connectivity index is 1.48. The molecule has 0 atom stereocenters. The zero-order valence-corrected chi connectivity index (χ0v) is 18.4. The van der Waals surface area contributed by atoms with Crippen molar-refractivity contribution in [2.75, 3.05) is 20.2 Å². The molecule has 1 fully saturated rings. The number of rotatable bonds is 5. The van der Waals surface area contributed by atoms with Gasteiger partial charge in [-0.1, -0.05) is 45.0 Å². The highest BCUT2D eigenvalue weighted by Gasteiger charge is 2.28. The summed E-state index contributed by atoms with van der Waals surface area (Å²) in [6, 6.07) is 15.6. The van der Waals surface area contributed by atoms with E-state index < -0.39 is 0 Å². The number of carbonyl (C=O) groups is 2. The van der Waals surface area contributed by atoms with E-state index in [-0.39, 0.29) is 23.1 Å². The lowest BCUT2D eigenvalue weighted by atomic mass is 9.86. The van der Waals surface area contributed by atoms with E-state index in [4.69, 9.17) is 4.74 Å². The van der Waals surface area contributed by atoms with Crippen molar-refractivity contribution in [3.63, 3.8) is 0 Å². The Morgan fingerprint density at radius 2 is 1.60 bits per heavy atom. The summed E-state index contributed by atoms with van der Waals surface area (Å²) in [6.45, 7) is 8.21. The molecule has 160 valence electrons. The predicted molar refractivity (Wildman–Crippen MR) is 119 cm³/mol. The molecule has 3 rings (SSSR count). The molecule has 0 radical (unpaired) electrons. The van der Waals surface area contributed by atoms with Crippen LogP contribution in [0.25, 0.3) is 0 Å². The van der Waals surface area contributed by atoms with Crippen LogP contribution in [-0.2, 0) is 16.8 Å². The Labute approximate surface area is 179 Å². The largest absolute Gasteiger partial charge is 0.497 e. The predicted octanol–water partition coefficient (Wildman–Crippen LogP) is 4.16. The number of carbonyl (C=O) groups excluding carboxylic acids is 2. The fraction of sp³-hybridized carbons (Fsp3) is 0.440. The van der Waals surface area contributed by atoms with Crippen molar-refractivity contribution < 1.29 is 14.3 Å². The number of methoxy groups -OCH3 is 1. The summed E-state index contributed by atoms with van der Waals surface area (Å²) in [5.74, 6) is 0.866. The van der Waals surface area contributed by atoms with Crippen molar-refractivity contribution in [1.29, 1.82) is 0 Å². The number of hydrogen-bond donors (Lipinski definition) is 1. The number of hydrogen-bond acceptors (Lipinski definition) is 3. The normalized spacial score (nSPS) is 15.0. The summed E-state index contributed by atoms with van der Waals surface area (Å²) < 4.78 is 5.15. The Hall–Kier alpha value is -2.82. The molecule has 2 aromatic rings. The van der Waals surface area contributed by atoms with Crippen LogP contribution in [0.2, 0.25) is 0 Å². The van der Waals surface area contributed by atoms with E-state index in [2.05, 4.69) is 26.1 Å². The number of ether oxygens (including phenoxy) is 1. The Bertz CT molecular complexity index is 859. The second kappa shape index (κ2) is 9.33. The molecule has 5 heteroatoms. The maximum atomic E-state index is 12.8. The lowest BCUT2D eigenvalue weighted by molar-refractivity contribution is -0.126. The quantitative estimate of drug-likeness (QED) is 0.808. The van der Waals surface area contributed by atoms with Crippen LogP contribution in [0.3, 0.4) is 0 Å². The Morgan fingerprint density at radius 3 is 2.13 bits per heavy atom. The smallest absolute Gasteiger partial charge is 0.253 e. The maximum Gasteiger partial charge on any atom is 0.253 e. The molecule has 0 aliphatic carbocycles. The van der Waals surface area contributed by atoms with Gasteiger partial charge in [0.1, 0.15) is 5.75 Å². The molecule has 1 heterocycles. The van der Waals surface area contributed by atoms with Gasteiger partial charge >= 0.3 is 0 Å². The van der Waals surface area contributed by atoms with E-state index in [0.29, 0.717) is 38.0 Å². The summed E-state index contributed by atoms with van der Waals surface area (Å²) in [5, 5.41) is 3.02. The zero-order chi connectivity index (χ0) is 21.7. The minimum absolute atomic E-state index is 0.0458. The van der Waals surface area contributed by atoms with E-state index in [0.717, 1.165) is 11.3 Å². The first kappa shape index (κ1) is 21.9. The van der Waals surface area contributed by atoms with Gasteiger partial charge in [0.2, 0.25) is 5.91 Å². The highest BCUT2D eigenvalue weighted by Crippen LogP contribution is 2.24. The zero-order valence-electron chi connectivity index (χ0n) is 18.4. The monoisotopic (exact) mass is 408 g/mol. The molecule has 1 saturated heterocycles. The number of likely N-dealkylation sites (tertiary alicyclic amines) is 1. The van der Waals surface area contributed by atoms with Crippen LogP contribution < -0.4 is 10.1 Å². The van der Waals surface area contributed by atoms with Gasteiger partial charge < -0.3 is 15.0 Å². The van der Waals surface area contributed by atoms with Crippen LogP contribution in [0, 0.1) is 5.92 Å². The number of nitrogens with zero attached hydrogens (tertiary/aromatic N) is 1. The fourth-order valence-electron chi connectivity index (χ4n) is 3.72. The van der Waals surface area contributed by atoms with Crippen molar-refractivity contribution in [2.45, 2.75) is 45.6 Å². The topological polar surface area (TPSA) is 58.6 Å². The van der Waals surface area contributed by atoms with E-state index in [9.17, 15) is 9.59 Å². The van der Waals surface area contributed by atoms with Crippen LogP contribution in [0.15, 0.2) is 48.5 Å². The Morgan fingerprint density at radius 1 is 1.00 bits per heavy atom. The summed E-state index contributed by atoms with van der Waals surface area (Å²) in [5.41, 5.74) is 3.03. The number of benzene rings is 2. The first-order chi connectivity index (χ1) is 14.3. The van der Waals surface area contributed by atoms with Crippen LogP contribution in [0.4, 0.5) is 0 Å². The van der Waals surface area contributed by atoms with Gasteiger partial charge in [0.25, 0.3) is 5.91 Å². The number of nitrogens with one attached hydrogen (secondary N) is 1. The highest BCUT2D eigenvalue weighted by atomic mass is 16.5. The van der Waals surface area contributed by atoms with Crippen LogP contribution >= 0.6 is 0 Å². The van der Waals surface area contributed by atoms with Gasteiger partial charge in [0.05, 0.1) is 7.11 Å². The standard InChI is InChI=1S/C25H32N2O3/c1-25(2,3)21-9-7-20(8-10-21)24(29)27-15-13-19(14-16-27)23(28)26-17-18-5-11-22(30-4)12-6-18/h5-12,19H,13-17H2,1-4H3,(H,26,28). The minimum atomic E-state index is -0.0458. The SMILES string of the molecule is COc1ccc(CNC(=O)C2CCN(C(=O)c3ccc(C(C)(C)C)cc3)CC2)cc1. The van der Waals surface area contributed by atoms with E-state index >= 15 is 0 Å². The first-order valence-electron chi connectivity index (χ1n) is 10.6. The third-order valence-corrected chi connectivity index (χ3v) is 5.78. The molecule has 2 aromatic carbocycles. The average Bonchev–Trinajstić information content (AvgIpc) is 2.77. The molecule has 0 unspecified atom stereocenters. The van der Waals surface area contributed by atoms with E-state index in [1.54, 1.807) is 7.11 Å². The summed E-state index contributed by atoms with van der Waals surface area (Å²) in [7, 11) is 1.63. The molecule has 1 aliphatic heterocycles. The molecule has 0 spiro atoms. The minimum Gasteiger partial charge on any atom is -0.497 e. The number of piperidine rings is 1. The highest BCUT2D eigenvalue weighted by molar-refractivity contribution is 5.94. The summed E-state index contributed by atoms with van der Waals surface area (Å²) >= 11 is 0. The lowest BCUT2D eigenvalue weighted by Gasteiger charge is -2.31. The molecule has 0 bridgehead atoms. The van der Waals surface area contributed by atoms with Crippen molar-refractivity contribution >= 4 is 11.8 Å². The molecular formula is C25H32N2O3. The lowest BCUT2D eigenvalue weighted by Crippen LogP contribution is -2.42. The second-order valence-electron chi connectivity index (χ2n) is 8.96. The van der Waals surface area contributed by atoms with Gasteiger partial charge in [-0.25, -0.2) is 0 Å². The van der Waals surface area contributed by atoms with Gasteiger partial charge in [-0.05, 0) is 53.6 Å². The van der Waals surface area contributed by atoms with Crippen molar-refractivity contribution in [2.24, 2.45) is 5.92 Å². The van der Waals surface area contributed by atoms with Gasteiger partial charge in [0.15, 0.2) is 0 Å². The number of amides is 2. The molecule has 2 amide bonds. The summed E-state index contributed by atoms with van der Waals surface area (Å²) in [6.07, 6.45) is 1.39. The van der Waals surface area contributed by atoms with Crippen LogP contribution in [0.1, 0.15) is 55.1 Å². The van der Waals surface area contributed by atoms with E-state index in [1.807, 2.05) is 53.4 Å². The molecule has 0 saturated carbocycles. The van der Waals surface area contributed by atoms with Crippen molar-refractivity contribution in [1.82, 2.24) is 10.2 Å². The molecule has 30 heavy (non-hydrogen) atoms. The van der Waals surface area contributed by atoms with Gasteiger partial charge in [-0.3, -0.25) is 9.59 Å².